The number of rotatable bonds is 6. The first-order valence-electron chi connectivity index (χ1n) is 23.4. The van der Waals surface area contributed by atoms with Gasteiger partial charge >= 0.3 is 0 Å². The van der Waals surface area contributed by atoms with Gasteiger partial charge in [-0.3, -0.25) is 17.9 Å². The van der Waals surface area contributed by atoms with E-state index < -0.39 is 0 Å². The quantitative estimate of drug-likeness (QED) is 0.167. The topological polar surface area (TPSA) is 49.4 Å². The molecule has 0 aliphatic heterocycles. The third kappa shape index (κ3) is 5.62. The SMILES string of the molecule is c1ccc(-c2ccc(-c3cccc(-n4c5ccc(-c6ccc7c(c6)n6c8ccccc8nc6n7-c6ccc7c(c6)c6ccccc6n7-c6ccccc6)cc5n5c6ccccc6nc45)c3)cc2)cc1. The molecule has 0 bridgehead atoms. The zero-order valence-corrected chi connectivity index (χ0v) is 37.1. The van der Waals surface area contributed by atoms with Gasteiger partial charge in [-0.25, -0.2) is 9.97 Å². The van der Waals surface area contributed by atoms with Gasteiger partial charge < -0.3 is 4.57 Å². The first kappa shape index (κ1) is 37.7. The molecule has 0 aliphatic carbocycles. The van der Waals surface area contributed by atoms with Crippen LogP contribution in [0.3, 0.4) is 0 Å². The fourth-order valence-electron chi connectivity index (χ4n) is 10.9. The summed E-state index contributed by atoms with van der Waals surface area (Å²) in [6, 6.07) is 85.0. The van der Waals surface area contributed by atoms with E-state index in [0.717, 1.165) is 89.4 Å². The maximum Gasteiger partial charge on any atom is 0.220 e. The number of para-hydroxylation sites is 6. The van der Waals surface area contributed by atoms with Gasteiger partial charge in [-0.15, -0.1) is 0 Å². The van der Waals surface area contributed by atoms with Crippen LogP contribution in [0.5, 0.6) is 0 Å². The summed E-state index contributed by atoms with van der Waals surface area (Å²) in [7, 11) is 0. The van der Waals surface area contributed by atoms with Crippen molar-refractivity contribution in [2.45, 2.75) is 0 Å². The summed E-state index contributed by atoms with van der Waals surface area (Å²) in [5.41, 5.74) is 21.0. The molecular formula is C62H39N7. The molecule has 7 heteroatoms. The highest BCUT2D eigenvalue weighted by Gasteiger charge is 2.22. The number of benzene rings is 10. The Kier molecular flexibility index (Phi) is 7.94. The van der Waals surface area contributed by atoms with E-state index in [9.17, 15) is 0 Å². The lowest BCUT2D eigenvalue weighted by molar-refractivity contribution is 1.11. The van der Waals surface area contributed by atoms with Crippen molar-refractivity contribution in [1.29, 1.82) is 0 Å². The van der Waals surface area contributed by atoms with Gasteiger partial charge in [-0.2, -0.15) is 0 Å². The Morgan fingerprint density at radius 2 is 0.667 bits per heavy atom. The standard InChI is InChI=1S/C62H39N7/c1-3-14-40(15-4-1)41-26-28-42(29-27-41)43-16-13-19-47(36-43)66-57-33-30-44(37-59(57)68-55-24-11-8-21-51(55)63-61(66)68)45-31-34-58-60(38-45)69-56-25-12-9-22-52(56)64-62(69)67(58)48-32-35-54-50(39-48)49-20-7-10-23-53(49)65(54)46-17-5-2-6-18-46/h1-39H. The molecule has 0 aliphatic rings. The average molecular weight is 882 g/mol. The van der Waals surface area contributed by atoms with E-state index in [1.807, 2.05) is 0 Å². The van der Waals surface area contributed by atoms with E-state index in [-0.39, 0.29) is 0 Å². The van der Waals surface area contributed by atoms with Crippen LogP contribution in [0.25, 0.3) is 128 Å². The molecule has 0 spiro atoms. The van der Waals surface area contributed by atoms with E-state index in [1.54, 1.807) is 0 Å². The van der Waals surface area contributed by atoms with Crippen LogP contribution in [0.2, 0.25) is 0 Å². The zero-order valence-electron chi connectivity index (χ0n) is 37.1. The van der Waals surface area contributed by atoms with Crippen molar-refractivity contribution < 1.29 is 0 Å². The monoisotopic (exact) mass is 881 g/mol. The minimum Gasteiger partial charge on any atom is -0.309 e. The van der Waals surface area contributed by atoms with Crippen LogP contribution in [0.1, 0.15) is 0 Å². The maximum absolute atomic E-state index is 5.31. The fraction of sp³-hybridized carbons (Fsp3) is 0. The average Bonchev–Trinajstić information content (AvgIpc) is 4.22. The Hall–Kier alpha value is -9.46. The van der Waals surface area contributed by atoms with Crippen molar-refractivity contribution in [1.82, 2.24) is 32.5 Å². The summed E-state index contributed by atoms with van der Waals surface area (Å²) >= 11 is 0. The van der Waals surface area contributed by atoms with Crippen LogP contribution >= 0.6 is 0 Å². The summed E-state index contributed by atoms with van der Waals surface area (Å²) in [6.45, 7) is 0. The molecule has 69 heavy (non-hydrogen) atoms. The Bertz CT molecular complexity index is 4530. The molecule has 7 nitrogen and oxygen atoms in total. The molecule has 15 aromatic rings. The van der Waals surface area contributed by atoms with Crippen LogP contribution in [-0.4, -0.2) is 32.5 Å². The second-order valence-electron chi connectivity index (χ2n) is 17.9. The largest absolute Gasteiger partial charge is 0.309 e. The smallest absolute Gasteiger partial charge is 0.220 e. The van der Waals surface area contributed by atoms with Gasteiger partial charge in [0.2, 0.25) is 11.6 Å². The molecule has 0 atom stereocenters. The minimum atomic E-state index is 0.878. The lowest BCUT2D eigenvalue weighted by atomic mass is 10.00. The first-order valence-corrected chi connectivity index (χ1v) is 23.4. The van der Waals surface area contributed by atoms with Crippen LogP contribution in [0, 0.1) is 0 Å². The van der Waals surface area contributed by atoms with Crippen molar-refractivity contribution >= 4 is 77.5 Å². The van der Waals surface area contributed by atoms with E-state index in [2.05, 4.69) is 259 Å². The van der Waals surface area contributed by atoms with Crippen molar-refractivity contribution in [3.05, 3.63) is 237 Å². The van der Waals surface area contributed by atoms with Crippen LogP contribution in [0.4, 0.5) is 0 Å². The second-order valence-corrected chi connectivity index (χ2v) is 17.9. The Morgan fingerprint density at radius 3 is 1.30 bits per heavy atom. The first-order chi connectivity index (χ1) is 34.2. The third-order valence-electron chi connectivity index (χ3n) is 14.1. The van der Waals surface area contributed by atoms with Gasteiger partial charge in [0.05, 0.1) is 55.2 Å². The van der Waals surface area contributed by atoms with Gasteiger partial charge in [0.1, 0.15) is 0 Å². The molecule has 0 saturated carbocycles. The van der Waals surface area contributed by atoms with Gasteiger partial charge in [-0.1, -0.05) is 140 Å². The molecule has 0 amide bonds. The van der Waals surface area contributed by atoms with E-state index in [4.69, 9.17) is 9.97 Å². The summed E-state index contributed by atoms with van der Waals surface area (Å²) in [5, 5.41) is 2.41. The van der Waals surface area contributed by atoms with Crippen LogP contribution in [-0.2, 0) is 0 Å². The molecule has 0 unspecified atom stereocenters. The summed E-state index contributed by atoms with van der Waals surface area (Å²) in [5.74, 6) is 1.76. The predicted octanol–water partition coefficient (Wildman–Crippen LogP) is 15.3. The molecule has 15 rings (SSSR count). The second kappa shape index (κ2) is 14.5. The summed E-state index contributed by atoms with van der Waals surface area (Å²) < 4.78 is 11.6. The third-order valence-corrected chi connectivity index (χ3v) is 14.1. The summed E-state index contributed by atoms with van der Waals surface area (Å²) in [6.07, 6.45) is 0. The molecular weight excluding hydrogens is 843 g/mol. The molecule has 322 valence electrons. The highest BCUT2D eigenvalue weighted by molar-refractivity contribution is 6.10. The molecule has 5 aromatic heterocycles. The lowest BCUT2D eigenvalue weighted by Gasteiger charge is -2.10. The maximum atomic E-state index is 5.31. The molecule has 0 fully saturated rings. The summed E-state index contributed by atoms with van der Waals surface area (Å²) in [4.78, 5) is 10.6. The highest BCUT2D eigenvalue weighted by Crippen LogP contribution is 2.39. The van der Waals surface area contributed by atoms with Crippen molar-refractivity contribution in [2.24, 2.45) is 0 Å². The Morgan fingerprint density at radius 1 is 0.232 bits per heavy atom. The number of aromatic nitrogens is 7. The van der Waals surface area contributed by atoms with Crippen molar-refractivity contribution in [2.75, 3.05) is 0 Å². The molecule has 0 saturated heterocycles. The highest BCUT2D eigenvalue weighted by atomic mass is 15.2. The van der Waals surface area contributed by atoms with Gasteiger partial charge in [-0.05, 0) is 130 Å². The number of imidazole rings is 4. The number of hydrogen-bond donors (Lipinski definition) is 0. The fourth-order valence-corrected chi connectivity index (χ4v) is 10.9. The lowest BCUT2D eigenvalue weighted by Crippen LogP contribution is -1.96. The van der Waals surface area contributed by atoms with Crippen molar-refractivity contribution in [3.8, 4) is 50.4 Å². The number of nitrogens with zero attached hydrogens (tertiary/aromatic N) is 7. The minimum absolute atomic E-state index is 0.878. The molecule has 5 heterocycles. The van der Waals surface area contributed by atoms with Crippen LogP contribution in [0.15, 0.2) is 237 Å². The van der Waals surface area contributed by atoms with Gasteiger partial charge in [0.25, 0.3) is 0 Å². The van der Waals surface area contributed by atoms with Crippen molar-refractivity contribution in [3.63, 3.8) is 0 Å². The zero-order chi connectivity index (χ0) is 45.2. The van der Waals surface area contributed by atoms with E-state index in [0.29, 0.717) is 0 Å². The Balaban J connectivity index is 0.895. The molecule has 10 aromatic carbocycles. The van der Waals surface area contributed by atoms with E-state index in [1.165, 1.54) is 38.5 Å². The van der Waals surface area contributed by atoms with Crippen LogP contribution < -0.4 is 0 Å². The normalized spacial score (nSPS) is 12.1. The number of fused-ring (bicyclic) bond motifs is 13. The van der Waals surface area contributed by atoms with E-state index >= 15 is 0 Å². The molecule has 0 radical (unpaired) electrons. The number of hydrogen-bond acceptors (Lipinski definition) is 2. The molecule has 0 N–H and O–H groups in total. The predicted molar refractivity (Wildman–Crippen MR) is 283 cm³/mol. The van der Waals surface area contributed by atoms with Gasteiger partial charge in [0.15, 0.2) is 0 Å². The van der Waals surface area contributed by atoms with Gasteiger partial charge in [0, 0.05) is 27.8 Å². The Labute approximate surface area is 395 Å².